The molecule has 0 radical (unpaired) electrons. The molecule has 4 nitrogen and oxygen atoms in total. The van der Waals surface area contributed by atoms with Gasteiger partial charge in [-0.05, 0) is 25.2 Å². The number of anilines is 2. The van der Waals surface area contributed by atoms with E-state index in [-0.39, 0.29) is 0 Å². The summed E-state index contributed by atoms with van der Waals surface area (Å²) in [7, 11) is 0. The molecule has 1 aromatic heterocycles. The minimum absolute atomic E-state index is 0.589. The molecule has 1 saturated carbocycles. The third kappa shape index (κ3) is 2.84. The van der Waals surface area contributed by atoms with Gasteiger partial charge in [-0.1, -0.05) is 13.8 Å². The van der Waals surface area contributed by atoms with Crippen LogP contribution in [0.1, 0.15) is 33.1 Å². The largest absolute Gasteiger partial charge is 0.369 e. The molecular formula is C12H20N4. The summed E-state index contributed by atoms with van der Waals surface area (Å²) in [5.74, 6) is 2.60. The first-order chi connectivity index (χ1) is 7.78. The van der Waals surface area contributed by atoms with Gasteiger partial charge in [0.15, 0.2) is 0 Å². The molecular weight excluding hydrogens is 200 g/mol. The zero-order valence-corrected chi connectivity index (χ0v) is 10.0. The maximum atomic E-state index is 4.47. The van der Waals surface area contributed by atoms with E-state index < -0.39 is 0 Å². The van der Waals surface area contributed by atoms with Crippen LogP contribution in [-0.2, 0) is 0 Å². The smallest absolute Gasteiger partial charge is 0.147 e. The third-order valence-electron chi connectivity index (χ3n) is 2.92. The second kappa shape index (κ2) is 5.14. The van der Waals surface area contributed by atoms with Crippen LogP contribution in [0.5, 0.6) is 0 Å². The van der Waals surface area contributed by atoms with Crippen molar-refractivity contribution in [3.8, 4) is 0 Å². The Morgan fingerprint density at radius 2 is 2.06 bits per heavy atom. The van der Waals surface area contributed by atoms with Crippen LogP contribution in [0.2, 0.25) is 0 Å². The van der Waals surface area contributed by atoms with Gasteiger partial charge in [-0.3, -0.25) is 4.98 Å². The first-order valence-corrected chi connectivity index (χ1v) is 6.10. The summed E-state index contributed by atoms with van der Waals surface area (Å²) in [5, 5.41) is 6.65. The number of hydrogen-bond acceptors (Lipinski definition) is 4. The Bertz CT molecular complexity index is 334. The number of rotatable bonds is 5. The Morgan fingerprint density at radius 3 is 2.75 bits per heavy atom. The number of hydrogen-bond donors (Lipinski definition) is 2. The number of nitrogens with zero attached hydrogens (tertiary/aromatic N) is 2. The lowest BCUT2D eigenvalue weighted by Crippen LogP contribution is -2.34. The lowest BCUT2D eigenvalue weighted by molar-refractivity contribution is 0.308. The zero-order chi connectivity index (χ0) is 11.4. The molecule has 1 aliphatic rings. The van der Waals surface area contributed by atoms with Crippen molar-refractivity contribution >= 4 is 11.6 Å². The molecule has 0 spiro atoms. The summed E-state index contributed by atoms with van der Waals surface area (Å²) >= 11 is 0. The Labute approximate surface area is 96.9 Å². The summed E-state index contributed by atoms with van der Waals surface area (Å²) in [6.45, 7) is 5.36. The summed E-state index contributed by atoms with van der Waals surface area (Å²) in [4.78, 5) is 8.65. The Morgan fingerprint density at radius 1 is 1.31 bits per heavy atom. The van der Waals surface area contributed by atoms with Crippen LogP contribution in [0.4, 0.5) is 11.6 Å². The van der Waals surface area contributed by atoms with Gasteiger partial charge in [0.25, 0.3) is 0 Å². The van der Waals surface area contributed by atoms with Crippen LogP contribution >= 0.6 is 0 Å². The highest BCUT2D eigenvalue weighted by Crippen LogP contribution is 2.28. The molecule has 1 aliphatic carbocycles. The minimum Gasteiger partial charge on any atom is -0.369 e. The molecule has 1 heterocycles. The van der Waals surface area contributed by atoms with Crippen molar-refractivity contribution in [3.05, 3.63) is 12.4 Å². The third-order valence-corrected chi connectivity index (χ3v) is 2.92. The van der Waals surface area contributed by atoms with Gasteiger partial charge in [-0.2, -0.15) is 0 Å². The molecule has 0 saturated heterocycles. The van der Waals surface area contributed by atoms with Crippen molar-refractivity contribution in [1.82, 2.24) is 9.97 Å². The Kier molecular flexibility index (Phi) is 3.59. The van der Waals surface area contributed by atoms with E-state index in [2.05, 4.69) is 34.4 Å². The van der Waals surface area contributed by atoms with Gasteiger partial charge < -0.3 is 10.6 Å². The van der Waals surface area contributed by atoms with E-state index in [9.17, 15) is 0 Å². The van der Waals surface area contributed by atoms with Crippen molar-refractivity contribution in [3.63, 3.8) is 0 Å². The van der Waals surface area contributed by atoms with E-state index in [0.29, 0.717) is 6.04 Å². The summed E-state index contributed by atoms with van der Waals surface area (Å²) in [6.07, 6.45) is 7.15. The summed E-state index contributed by atoms with van der Waals surface area (Å²) in [6, 6.07) is 0.589. The maximum absolute atomic E-state index is 4.47. The predicted octanol–water partition coefficient (Wildman–Crippen LogP) is 2.51. The van der Waals surface area contributed by atoms with Crippen molar-refractivity contribution in [1.29, 1.82) is 0 Å². The molecule has 88 valence electrons. The highest BCUT2D eigenvalue weighted by Gasteiger charge is 2.25. The van der Waals surface area contributed by atoms with Crippen LogP contribution in [0.15, 0.2) is 12.4 Å². The predicted molar refractivity (Wildman–Crippen MR) is 66.6 cm³/mol. The summed E-state index contributed by atoms with van der Waals surface area (Å²) in [5.41, 5.74) is 0. The lowest BCUT2D eigenvalue weighted by atomic mass is 9.82. The molecule has 2 rings (SSSR count). The molecule has 0 aliphatic heterocycles. The standard InChI is InChI=1S/C12H20N4/c1-3-4-14-11-7-13-8-12(16-11)15-10-5-9(2)6-10/h7-10H,3-6H2,1-2H3,(H2,14,15,16). The van der Waals surface area contributed by atoms with Gasteiger partial charge in [0, 0.05) is 12.6 Å². The molecule has 1 aromatic rings. The van der Waals surface area contributed by atoms with Crippen molar-refractivity contribution in [2.24, 2.45) is 5.92 Å². The van der Waals surface area contributed by atoms with E-state index in [0.717, 1.165) is 30.5 Å². The molecule has 2 N–H and O–H groups in total. The van der Waals surface area contributed by atoms with Crippen LogP contribution < -0.4 is 10.6 Å². The quantitative estimate of drug-likeness (QED) is 0.800. The second-order valence-corrected chi connectivity index (χ2v) is 4.63. The van der Waals surface area contributed by atoms with Gasteiger partial charge in [-0.15, -0.1) is 0 Å². The number of aromatic nitrogens is 2. The van der Waals surface area contributed by atoms with Gasteiger partial charge in [-0.25, -0.2) is 4.98 Å². The molecule has 0 unspecified atom stereocenters. The molecule has 0 atom stereocenters. The van der Waals surface area contributed by atoms with Gasteiger partial charge in [0.05, 0.1) is 12.4 Å². The molecule has 16 heavy (non-hydrogen) atoms. The van der Waals surface area contributed by atoms with Crippen LogP contribution in [0, 0.1) is 5.92 Å². The average Bonchev–Trinajstić information content (AvgIpc) is 2.25. The fourth-order valence-electron chi connectivity index (χ4n) is 2.00. The van der Waals surface area contributed by atoms with E-state index in [4.69, 9.17) is 0 Å². The molecule has 0 aromatic carbocycles. The topological polar surface area (TPSA) is 49.8 Å². The fourth-order valence-corrected chi connectivity index (χ4v) is 2.00. The molecule has 1 fully saturated rings. The summed E-state index contributed by atoms with van der Waals surface area (Å²) < 4.78 is 0. The van der Waals surface area contributed by atoms with Crippen LogP contribution in [0.3, 0.4) is 0 Å². The van der Waals surface area contributed by atoms with Crippen LogP contribution in [-0.4, -0.2) is 22.6 Å². The highest BCUT2D eigenvalue weighted by atomic mass is 15.1. The molecule has 0 bridgehead atoms. The van der Waals surface area contributed by atoms with E-state index in [1.807, 2.05) is 0 Å². The normalized spacial score (nSPS) is 23.6. The fraction of sp³-hybridized carbons (Fsp3) is 0.667. The van der Waals surface area contributed by atoms with E-state index in [1.165, 1.54) is 12.8 Å². The Balaban J connectivity index is 1.88. The SMILES string of the molecule is CCCNc1cncc(NC2CC(C)C2)n1. The van der Waals surface area contributed by atoms with Crippen molar-refractivity contribution < 1.29 is 0 Å². The average molecular weight is 220 g/mol. The zero-order valence-electron chi connectivity index (χ0n) is 10.0. The molecule has 0 amide bonds. The lowest BCUT2D eigenvalue weighted by Gasteiger charge is -2.33. The minimum atomic E-state index is 0.589. The van der Waals surface area contributed by atoms with Gasteiger partial charge in [0.1, 0.15) is 11.6 Å². The molecule has 4 heteroatoms. The Hall–Kier alpha value is -1.32. The number of nitrogens with one attached hydrogen (secondary N) is 2. The monoisotopic (exact) mass is 220 g/mol. The van der Waals surface area contributed by atoms with Crippen molar-refractivity contribution in [2.45, 2.75) is 39.2 Å². The van der Waals surface area contributed by atoms with Crippen molar-refractivity contribution in [2.75, 3.05) is 17.2 Å². The maximum Gasteiger partial charge on any atom is 0.147 e. The second-order valence-electron chi connectivity index (χ2n) is 4.63. The first-order valence-electron chi connectivity index (χ1n) is 6.10. The first kappa shape index (κ1) is 11.2. The van der Waals surface area contributed by atoms with E-state index >= 15 is 0 Å². The van der Waals surface area contributed by atoms with E-state index in [1.54, 1.807) is 12.4 Å². The van der Waals surface area contributed by atoms with Gasteiger partial charge >= 0.3 is 0 Å². The highest BCUT2D eigenvalue weighted by molar-refractivity contribution is 5.42. The van der Waals surface area contributed by atoms with Gasteiger partial charge in [0.2, 0.25) is 0 Å². The van der Waals surface area contributed by atoms with Crippen LogP contribution in [0.25, 0.3) is 0 Å².